The number of benzene rings is 1. The van der Waals surface area contributed by atoms with Gasteiger partial charge in [-0.1, -0.05) is 32.9 Å². The Morgan fingerprint density at radius 2 is 1.95 bits per heavy atom. The molecule has 2 nitrogen and oxygen atoms in total. The van der Waals surface area contributed by atoms with Crippen LogP contribution in [0.4, 0.5) is 5.69 Å². The fraction of sp³-hybridized carbons (Fsp3) is 0.647. The number of hydrogen-bond acceptors (Lipinski definition) is 2. The third kappa shape index (κ3) is 3.11. The van der Waals surface area contributed by atoms with Gasteiger partial charge in [-0.2, -0.15) is 0 Å². The van der Waals surface area contributed by atoms with Crippen molar-refractivity contribution in [3.63, 3.8) is 0 Å². The van der Waals surface area contributed by atoms with E-state index in [2.05, 4.69) is 55.3 Å². The summed E-state index contributed by atoms with van der Waals surface area (Å²) in [5.41, 5.74) is 3.26. The molecule has 0 amide bonds. The number of nitrogens with zero attached hydrogens (tertiary/aromatic N) is 1. The van der Waals surface area contributed by atoms with Crippen LogP contribution in [0.5, 0.6) is 0 Å². The quantitative estimate of drug-likeness (QED) is 0.890. The summed E-state index contributed by atoms with van der Waals surface area (Å²) in [6, 6.07) is 9.83. The van der Waals surface area contributed by atoms with Crippen molar-refractivity contribution in [2.75, 3.05) is 18.0 Å². The summed E-state index contributed by atoms with van der Waals surface area (Å²) in [7, 11) is 0. The molecule has 1 heterocycles. The summed E-state index contributed by atoms with van der Waals surface area (Å²) >= 11 is 0. The normalized spacial score (nSPS) is 20.5. The van der Waals surface area contributed by atoms with Crippen LogP contribution in [0.15, 0.2) is 24.3 Å². The highest BCUT2D eigenvalue weighted by molar-refractivity contribution is 5.51. The Labute approximate surface area is 117 Å². The van der Waals surface area contributed by atoms with Crippen LogP contribution in [0.2, 0.25) is 0 Å². The van der Waals surface area contributed by atoms with Gasteiger partial charge in [0.15, 0.2) is 0 Å². The Morgan fingerprint density at radius 3 is 2.58 bits per heavy atom. The minimum absolute atomic E-state index is 0.446. The van der Waals surface area contributed by atoms with Gasteiger partial charge in [-0.3, -0.25) is 0 Å². The van der Waals surface area contributed by atoms with Gasteiger partial charge in [-0.15, -0.1) is 0 Å². The molecule has 0 atom stereocenters. The monoisotopic (exact) mass is 258 g/mol. The number of nitrogens with one attached hydrogen (secondary N) is 1. The van der Waals surface area contributed by atoms with Gasteiger partial charge in [-0.25, -0.2) is 0 Å². The molecule has 1 aromatic rings. The minimum atomic E-state index is 0.446. The van der Waals surface area contributed by atoms with Crippen molar-refractivity contribution in [3.05, 3.63) is 29.8 Å². The molecular weight excluding hydrogens is 232 g/mol. The first-order valence-electron chi connectivity index (χ1n) is 7.59. The van der Waals surface area contributed by atoms with E-state index in [1.165, 1.54) is 37.2 Å². The maximum Gasteiger partial charge on any atom is 0.0369 e. The van der Waals surface area contributed by atoms with Crippen LogP contribution >= 0.6 is 0 Å². The van der Waals surface area contributed by atoms with Crippen LogP contribution in [0.1, 0.15) is 39.2 Å². The smallest absolute Gasteiger partial charge is 0.0369 e. The second-order valence-electron chi connectivity index (χ2n) is 7.29. The highest BCUT2D eigenvalue weighted by Gasteiger charge is 2.35. The largest absolute Gasteiger partial charge is 0.371 e. The summed E-state index contributed by atoms with van der Waals surface area (Å²) in [5.74, 6) is 0.834. The lowest BCUT2D eigenvalue weighted by molar-refractivity contribution is 0.195. The van der Waals surface area contributed by atoms with Gasteiger partial charge in [0.05, 0.1) is 0 Å². The standard InChI is InChI=1S/C17H26N2/c1-17(2,3)14-11-19(12-14)16-6-4-5-13(9-16)10-18-15-7-8-15/h4-6,9,14-15,18H,7-8,10-12H2,1-3H3. The van der Waals surface area contributed by atoms with Crippen LogP contribution in [0, 0.1) is 11.3 Å². The Balaban J connectivity index is 1.57. The molecule has 1 aliphatic carbocycles. The van der Waals surface area contributed by atoms with E-state index in [1.54, 1.807) is 0 Å². The van der Waals surface area contributed by atoms with E-state index in [4.69, 9.17) is 0 Å². The van der Waals surface area contributed by atoms with E-state index in [0.29, 0.717) is 5.41 Å². The first-order chi connectivity index (χ1) is 9.02. The highest BCUT2D eigenvalue weighted by atomic mass is 15.2. The lowest BCUT2D eigenvalue weighted by atomic mass is 9.76. The van der Waals surface area contributed by atoms with Gasteiger partial charge in [-0.05, 0) is 41.9 Å². The third-order valence-electron chi connectivity index (χ3n) is 4.55. The van der Waals surface area contributed by atoms with Crippen LogP contribution < -0.4 is 10.2 Å². The predicted molar refractivity (Wildman–Crippen MR) is 81.5 cm³/mol. The zero-order valence-corrected chi connectivity index (χ0v) is 12.4. The lowest BCUT2D eigenvalue weighted by Gasteiger charge is -2.47. The van der Waals surface area contributed by atoms with E-state index in [9.17, 15) is 0 Å². The number of anilines is 1. The Kier molecular flexibility index (Phi) is 3.30. The zero-order chi connectivity index (χ0) is 13.5. The van der Waals surface area contributed by atoms with Crippen LogP contribution in [0.25, 0.3) is 0 Å². The number of hydrogen-bond donors (Lipinski definition) is 1. The molecule has 1 aromatic carbocycles. The molecule has 0 unspecified atom stereocenters. The summed E-state index contributed by atoms with van der Waals surface area (Å²) in [6.07, 6.45) is 2.72. The SMILES string of the molecule is CC(C)(C)C1CN(c2cccc(CNC3CC3)c2)C1. The van der Waals surface area contributed by atoms with Gasteiger partial charge in [0, 0.05) is 31.4 Å². The number of rotatable bonds is 4. The molecule has 2 fully saturated rings. The lowest BCUT2D eigenvalue weighted by Crippen LogP contribution is -2.52. The average Bonchev–Trinajstić information content (AvgIpc) is 3.06. The molecule has 2 aliphatic rings. The molecule has 0 spiro atoms. The summed E-state index contributed by atoms with van der Waals surface area (Å²) in [4.78, 5) is 2.51. The highest BCUT2D eigenvalue weighted by Crippen LogP contribution is 2.36. The first kappa shape index (κ1) is 13.0. The topological polar surface area (TPSA) is 15.3 Å². The second kappa shape index (κ2) is 4.82. The van der Waals surface area contributed by atoms with E-state index in [0.717, 1.165) is 18.5 Å². The molecule has 1 aliphatic heterocycles. The fourth-order valence-corrected chi connectivity index (χ4v) is 2.65. The molecule has 0 bridgehead atoms. The van der Waals surface area contributed by atoms with E-state index in [-0.39, 0.29) is 0 Å². The van der Waals surface area contributed by atoms with Gasteiger partial charge in [0.1, 0.15) is 0 Å². The molecule has 19 heavy (non-hydrogen) atoms. The molecule has 1 N–H and O–H groups in total. The van der Waals surface area contributed by atoms with Crippen molar-refractivity contribution in [1.29, 1.82) is 0 Å². The second-order valence-corrected chi connectivity index (χ2v) is 7.29. The molecule has 3 rings (SSSR count). The molecule has 1 saturated carbocycles. The predicted octanol–water partition coefficient (Wildman–Crippen LogP) is 3.42. The average molecular weight is 258 g/mol. The van der Waals surface area contributed by atoms with Crippen molar-refractivity contribution in [3.8, 4) is 0 Å². The first-order valence-corrected chi connectivity index (χ1v) is 7.59. The van der Waals surface area contributed by atoms with E-state index < -0.39 is 0 Å². The summed E-state index contributed by atoms with van der Waals surface area (Å²) in [6.45, 7) is 10.5. The van der Waals surface area contributed by atoms with Crippen LogP contribution in [-0.4, -0.2) is 19.1 Å². The molecule has 1 saturated heterocycles. The van der Waals surface area contributed by atoms with Gasteiger partial charge in [0.2, 0.25) is 0 Å². The van der Waals surface area contributed by atoms with Gasteiger partial charge >= 0.3 is 0 Å². The van der Waals surface area contributed by atoms with Crippen molar-refractivity contribution in [2.45, 2.75) is 46.2 Å². The van der Waals surface area contributed by atoms with Crippen molar-refractivity contribution in [1.82, 2.24) is 5.32 Å². The fourth-order valence-electron chi connectivity index (χ4n) is 2.65. The van der Waals surface area contributed by atoms with Gasteiger partial charge in [0.25, 0.3) is 0 Å². The molecule has 2 heteroatoms. The molecule has 0 radical (unpaired) electrons. The van der Waals surface area contributed by atoms with Crippen molar-refractivity contribution < 1.29 is 0 Å². The van der Waals surface area contributed by atoms with Gasteiger partial charge < -0.3 is 10.2 Å². The van der Waals surface area contributed by atoms with Crippen LogP contribution in [-0.2, 0) is 6.54 Å². The maximum absolute atomic E-state index is 3.59. The summed E-state index contributed by atoms with van der Waals surface area (Å²) in [5, 5.41) is 3.59. The molecular formula is C17H26N2. The summed E-state index contributed by atoms with van der Waals surface area (Å²) < 4.78 is 0. The Bertz CT molecular complexity index is 437. The zero-order valence-electron chi connectivity index (χ0n) is 12.4. The maximum atomic E-state index is 3.59. The van der Waals surface area contributed by atoms with E-state index >= 15 is 0 Å². The van der Waals surface area contributed by atoms with E-state index in [1.807, 2.05) is 0 Å². The Hall–Kier alpha value is -1.02. The Morgan fingerprint density at radius 1 is 1.21 bits per heavy atom. The minimum Gasteiger partial charge on any atom is -0.371 e. The third-order valence-corrected chi connectivity index (χ3v) is 4.55. The molecule has 104 valence electrons. The van der Waals surface area contributed by atoms with Crippen molar-refractivity contribution >= 4 is 5.69 Å². The molecule has 0 aromatic heterocycles. The van der Waals surface area contributed by atoms with Crippen molar-refractivity contribution in [2.24, 2.45) is 11.3 Å². The van der Waals surface area contributed by atoms with Crippen LogP contribution in [0.3, 0.4) is 0 Å².